The summed E-state index contributed by atoms with van der Waals surface area (Å²) in [5.74, 6) is -1.90. The van der Waals surface area contributed by atoms with E-state index in [1.165, 1.54) is 25.3 Å². The second-order valence-corrected chi connectivity index (χ2v) is 6.78. The van der Waals surface area contributed by atoms with Gasteiger partial charge in [-0.05, 0) is 18.2 Å². The minimum absolute atomic E-state index is 0.0151. The molecule has 0 spiro atoms. The monoisotopic (exact) mass is 477 g/mol. The number of rotatable bonds is 9. The largest absolute Gasteiger partial charge is 0.461 e. The molecule has 0 saturated heterocycles. The van der Waals surface area contributed by atoms with Crippen molar-refractivity contribution in [2.45, 2.75) is 0 Å². The van der Waals surface area contributed by atoms with Crippen LogP contribution in [0.5, 0.6) is 11.5 Å². The Bertz CT molecular complexity index is 943. The van der Waals surface area contributed by atoms with Crippen molar-refractivity contribution in [2.24, 2.45) is 0 Å². The van der Waals surface area contributed by atoms with E-state index in [1.54, 1.807) is 0 Å². The third-order valence-electron chi connectivity index (χ3n) is 3.44. The van der Waals surface area contributed by atoms with Gasteiger partial charge in [-0.25, -0.2) is 9.59 Å². The highest BCUT2D eigenvalue weighted by molar-refractivity contribution is 6.40. The van der Waals surface area contributed by atoms with Gasteiger partial charge in [-0.2, -0.15) is 0 Å². The van der Waals surface area contributed by atoms with E-state index in [9.17, 15) is 19.7 Å². The fourth-order valence-electron chi connectivity index (χ4n) is 2.13. The van der Waals surface area contributed by atoms with Gasteiger partial charge >= 0.3 is 11.9 Å². The lowest BCUT2D eigenvalue weighted by molar-refractivity contribution is -0.385. The van der Waals surface area contributed by atoms with Crippen molar-refractivity contribution < 1.29 is 33.5 Å². The van der Waals surface area contributed by atoms with E-state index in [0.717, 1.165) is 12.1 Å². The number of hydrogen-bond acceptors (Lipinski definition) is 8. The minimum Gasteiger partial charge on any atom is -0.461 e. The summed E-state index contributed by atoms with van der Waals surface area (Å²) in [4.78, 5) is 34.3. The Morgan fingerprint density at radius 2 is 1.70 bits per heavy atom. The van der Waals surface area contributed by atoms with Crippen molar-refractivity contribution in [3.05, 3.63) is 61.1 Å². The van der Waals surface area contributed by atoms with Gasteiger partial charge in [0.1, 0.15) is 17.9 Å². The molecule has 2 rings (SSSR count). The van der Waals surface area contributed by atoms with Crippen molar-refractivity contribution in [1.82, 2.24) is 0 Å². The topological polar surface area (TPSA) is 114 Å². The summed E-state index contributed by atoms with van der Waals surface area (Å²) < 4.78 is 19.8. The van der Waals surface area contributed by atoms with E-state index in [2.05, 4.69) is 0 Å². The number of ether oxygens (including phenoxy) is 4. The van der Waals surface area contributed by atoms with Crippen molar-refractivity contribution >= 4 is 52.4 Å². The van der Waals surface area contributed by atoms with Crippen LogP contribution in [0.3, 0.4) is 0 Å². The molecular weight excluding hydrogens is 465 g/mol. The molecule has 0 N–H and O–H groups in total. The van der Waals surface area contributed by atoms with Gasteiger partial charge in [-0.3, -0.25) is 10.1 Å². The van der Waals surface area contributed by atoms with Gasteiger partial charge in [0.15, 0.2) is 12.4 Å². The molecule has 2 aromatic rings. The molecule has 0 aliphatic heterocycles. The smallest absolute Gasteiger partial charge is 0.345 e. The van der Waals surface area contributed by atoms with Crippen LogP contribution in [0, 0.1) is 10.1 Å². The fraction of sp³-hybridized carbons (Fsp3) is 0.222. The molecule has 0 bridgehead atoms. The highest BCUT2D eigenvalue weighted by atomic mass is 35.5. The Hall–Kier alpha value is -2.59. The second kappa shape index (κ2) is 11.0. The lowest BCUT2D eigenvalue weighted by atomic mass is 10.1. The fourth-order valence-corrected chi connectivity index (χ4v) is 3.02. The van der Waals surface area contributed by atoms with Crippen LogP contribution in [0.2, 0.25) is 15.1 Å². The maximum Gasteiger partial charge on any atom is 0.345 e. The molecular formula is C18H14Cl3NO8. The summed E-state index contributed by atoms with van der Waals surface area (Å²) in [5.41, 5.74) is -0.989. The van der Waals surface area contributed by atoms with Crippen molar-refractivity contribution in [1.29, 1.82) is 0 Å². The van der Waals surface area contributed by atoms with Crippen molar-refractivity contribution in [2.75, 3.05) is 26.9 Å². The van der Waals surface area contributed by atoms with Gasteiger partial charge in [0.25, 0.3) is 5.69 Å². The van der Waals surface area contributed by atoms with E-state index in [4.69, 9.17) is 53.8 Å². The van der Waals surface area contributed by atoms with Crippen molar-refractivity contribution in [3.8, 4) is 11.5 Å². The van der Waals surface area contributed by atoms with Crippen LogP contribution in [0.25, 0.3) is 0 Å². The van der Waals surface area contributed by atoms with Crippen molar-refractivity contribution in [3.63, 3.8) is 0 Å². The third kappa shape index (κ3) is 6.46. The molecule has 0 fully saturated rings. The summed E-state index contributed by atoms with van der Waals surface area (Å²) in [5, 5.41) is 11.7. The first-order valence-corrected chi connectivity index (χ1v) is 9.28. The standard InChI is InChI=1S/C18H14Cl3NO8/c1-27-4-5-28-16(23)9-29-18(24)12-8-11(2-3-15(12)22(25)26)30-17-13(20)6-10(19)7-14(17)21/h2-3,6-8H,4-5,9H2,1H3. The first-order valence-electron chi connectivity index (χ1n) is 8.15. The predicted octanol–water partition coefficient (Wildman–Crippen LogP) is 4.69. The number of halogens is 3. The first kappa shape index (κ1) is 23.7. The maximum absolute atomic E-state index is 12.3. The molecule has 0 atom stereocenters. The SMILES string of the molecule is COCCOC(=O)COC(=O)c1cc(Oc2c(Cl)cc(Cl)cc2Cl)ccc1[N+](=O)[O-]. The quantitative estimate of drug-likeness (QED) is 0.221. The molecule has 0 aromatic heterocycles. The molecule has 0 unspecified atom stereocenters. The van der Waals surface area contributed by atoms with Gasteiger partial charge < -0.3 is 18.9 Å². The van der Waals surface area contributed by atoms with Crippen LogP contribution in [-0.4, -0.2) is 43.8 Å². The maximum atomic E-state index is 12.3. The zero-order valence-electron chi connectivity index (χ0n) is 15.4. The number of carbonyl (C=O) groups is 2. The number of nitro benzene ring substituents is 1. The molecule has 0 heterocycles. The molecule has 0 radical (unpaired) electrons. The second-order valence-electron chi connectivity index (χ2n) is 5.53. The molecule has 30 heavy (non-hydrogen) atoms. The molecule has 0 saturated carbocycles. The normalized spacial score (nSPS) is 10.4. The molecule has 2 aromatic carbocycles. The van der Waals surface area contributed by atoms with Gasteiger partial charge in [-0.1, -0.05) is 34.8 Å². The Balaban J connectivity index is 2.21. The van der Waals surface area contributed by atoms with Crippen LogP contribution >= 0.6 is 34.8 Å². The Kier molecular flexibility index (Phi) is 8.67. The highest BCUT2D eigenvalue weighted by Gasteiger charge is 2.24. The Labute approximate surface area is 185 Å². The molecule has 12 heteroatoms. The summed E-state index contributed by atoms with van der Waals surface area (Å²) in [6, 6.07) is 6.13. The van der Waals surface area contributed by atoms with Gasteiger partial charge in [-0.15, -0.1) is 0 Å². The van der Waals surface area contributed by atoms with E-state index < -0.39 is 34.7 Å². The number of nitro groups is 1. The van der Waals surface area contributed by atoms with E-state index in [0.29, 0.717) is 0 Å². The summed E-state index contributed by atoms with van der Waals surface area (Å²) >= 11 is 17.9. The van der Waals surface area contributed by atoms with E-state index in [1.807, 2.05) is 0 Å². The van der Waals surface area contributed by atoms with Gasteiger partial charge in [0.05, 0.1) is 21.6 Å². The lowest BCUT2D eigenvalue weighted by Crippen LogP contribution is -2.19. The van der Waals surface area contributed by atoms with Gasteiger partial charge in [0.2, 0.25) is 0 Å². The summed E-state index contributed by atoms with van der Waals surface area (Å²) in [6.07, 6.45) is 0. The van der Waals surface area contributed by atoms with Crippen LogP contribution in [0.1, 0.15) is 10.4 Å². The molecule has 160 valence electrons. The first-order chi connectivity index (χ1) is 14.2. The number of esters is 2. The van der Waals surface area contributed by atoms with Crippen LogP contribution in [-0.2, 0) is 19.0 Å². The van der Waals surface area contributed by atoms with Gasteiger partial charge in [0, 0.05) is 24.3 Å². The predicted molar refractivity (Wildman–Crippen MR) is 108 cm³/mol. The average molecular weight is 479 g/mol. The molecule has 9 nitrogen and oxygen atoms in total. The Morgan fingerprint density at radius 3 is 2.30 bits per heavy atom. The molecule has 0 aliphatic rings. The van der Waals surface area contributed by atoms with Crippen LogP contribution in [0.15, 0.2) is 30.3 Å². The average Bonchev–Trinajstić information content (AvgIpc) is 2.68. The lowest BCUT2D eigenvalue weighted by Gasteiger charge is -2.11. The summed E-state index contributed by atoms with van der Waals surface area (Å²) in [7, 11) is 1.42. The zero-order chi connectivity index (χ0) is 22.3. The highest BCUT2D eigenvalue weighted by Crippen LogP contribution is 2.39. The molecule has 0 aliphatic carbocycles. The van der Waals surface area contributed by atoms with Crippen LogP contribution in [0.4, 0.5) is 5.69 Å². The third-order valence-corrected chi connectivity index (χ3v) is 4.22. The zero-order valence-corrected chi connectivity index (χ0v) is 17.6. The summed E-state index contributed by atoms with van der Waals surface area (Å²) in [6.45, 7) is -0.598. The van der Waals surface area contributed by atoms with E-state index >= 15 is 0 Å². The number of nitrogens with zero attached hydrogens (tertiary/aromatic N) is 1. The number of carbonyl (C=O) groups excluding carboxylic acids is 2. The number of methoxy groups -OCH3 is 1. The van der Waals surface area contributed by atoms with E-state index in [-0.39, 0.29) is 39.8 Å². The number of benzene rings is 2. The molecule has 0 amide bonds. The van der Waals surface area contributed by atoms with Crippen LogP contribution < -0.4 is 4.74 Å². The Morgan fingerprint density at radius 1 is 1.03 bits per heavy atom. The number of hydrogen-bond donors (Lipinski definition) is 0. The minimum atomic E-state index is -1.12.